The Kier molecular flexibility index (Phi) is 4.92. The van der Waals surface area contributed by atoms with Crippen LogP contribution < -0.4 is 4.72 Å². The number of furan rings is 1. The lowest BCUT2D eigenvalue weighted by atomic mass is 10.2. The summed E-state index contributed by atoms with van der Waals surface area (Å²) in [5, 5.41) is 4.07. The van der Waals surface area contributed by atoms with Crippen molar-refractivity contribution >= 4 is 16.0 Å². The summed E-state index contributed by atoms with van der Waals surface area (Å²) in [6.45, 7) is -0.00105. The van der Waals surface area contributed by atoms with Crippen LogP contribution in [0, 0.1) is 0 Å². The second-order valence-electron chi connectivity index (χ2n) is 5.45. The average molecular weight is 375 g/mol. The summed E-state index contributed by atoms with van der Waals surface area (Å²) >= 11 is 0. The van der Waals surface area contributed by atoms with Gasteiger partial charge in [0.25, 0.3) is 0 Å². The summed E-state index contributed by atoms with van der Waals surface area (Å²) in [5.41, 5.74) is 1.07. The van der Waals surface area contributed by atoms with E-state index < -0.39 is 16.0 Å². The first kappa shape index (κ1) is 17.9. The number of esters is 1. The Morgan fingerprint density at radius 2 is 1.92 bits per heavy atom. The van der Waals surface area contributed by atoms with Crippen LogP contribution in [0.4, 0.5) is 0 Å². The van der Waals surface area contributed by atoms with Gasteiger partial charge in [0.2, 0.25) is 10.0 Å². The molecular weight excluding hydrogens is 358 g/mol. The van der Waals surface area contributed by atoms with Gasteiger partial charge in [-0.1, -0.05) is 0 Å². The number of hydrogen-bond donors (Lipinski definition) is 1. The highest BCUT2D eigenvalue weighted by Gasteiger charge is 2.16. The Bertz CT molecular complexity index is 1020. The second-order valence-corrected chi connectivity index (χ2v) is 7.21. The van der Waals surface area contributed by atoms with Gasteiger partial charge in [-0.15, -0.1) is 0 Å². The molecular formula is C17H17N3O5S. The van der Waals surface area contributed by atoms with Crippen LogP contribution in [0.3, 0.4) is 0 Å². The van der Waals surface area contributed by atoms with Gasteiger partial charge < -0.3 is 9.15 Å². The molecule has 0 aliphatic rings. The fourth-order valence-corrected chi connectivity index (χ4v) is 3.36. The molecule has 0 aliphatic carbocycles. The lowest BCUT2D eigenvalue weighted by Crippen LogP contribution is -2.23. The van der Waals surface area contributed by atoms with E-state index in [-0.39, 0.29) is 17.0 Å². The molecule has 0 atom stereocenters. The minimum atomic E-state index is -3.74. The number of sulfonamides is 1. The standard InChI is InChI=1S/C17H17N3O5S/c1-20-15(9-10-18-20)16-8-5-13(25-16)11-19-26(22,23)14-6-3-12(4-7-14)17(21)24-2/h3-10,19H,11H2,1-2H3. The highest BCUT2D eigenvalue weighted by molar-refractivity contribution is 7.89. The van der Waals surface area contributed by atoms with E-state index in [1.807, 2.05) is 0 Å². The molecule has 0 fully saturated rings. The lowest BCUT2D eigenvalue weighted by molar-refractivity contribution is 0.0600. The molecule has 2 heterocycles. The zero-order valence-electron chi connectivity index (χ0n) is 14.2. The van der Waals surface area contributed by atoms with E-state index in [1.165, 1.54) is 31.4 Å². The fraction of sp³-hybridized carbons (Fsp3) is 0.176. The van der Waals surface area contributed by atoms with Gasteiger partial charge in [-0.3, -0.25) is 4.68 Å². The van der Waals surface area contributed by atoms with Gasteiger partial charge in [0.05, 0.1) is 24.1 Å². The van der Waals surface area contributed by atoms with Crippen molar-refractivity contribution in [3.63, 3.8) is 0 Å². The van der Waals surface area contributed by atoms with E-state index in [0.29, 0.717) is 11.5 Å². The Hall–Kier alpha value is -2.91. The van der Waals surface area contributed by atoms with Crippen LogP contribution in [0.1, 0.15) is 16.1 Å². The summed E-state index contributed by atoms with van der Waals surface area (Å²) in [7, 11) is -0.689. The molecule has 0 aliphatic heterocycles. The molecule has 2 aromatic heterocycles. The Labute approximate surface area is 150 Å². The summed E-state index contributed by atoms with van der Waals surface area (Å²) in [4.78, 5) is 11.4. The number of benzene rings is 1. The van der Waals surface area contributed by atoms with Crippen LogP contribution in [-0.4, -0.2) is 31.3 Å². The van der Waals surface area contributed by atoms with Crippen LogP contribution in [0.25, 0.3) is 11.5 Å². The number of rotatable bonds is 6. The highest BCUT2D eigenvalue weighted by Crippen LogP contribution is 2.21. The fourth-order valence-electron chi connectivity index (χ4n) is 2.36. The molecule has 3 rings (SSSR count). The first-order chi connectivity index (χ1) is 12.4. The van der Waals surface area contributed by atoms with E-state index in [2.05, 4.69) is 14.6 Å². The molecule has 1 N–H and O–H groups in total. The predicted octanol–water partition coefficient (Wildman–Crippen LogP) is 1.95. The van der Waals surface area contributed by atoms with Gasteiger partial charge in [0.1, 0.15) is 11.5 Å². The van der Waals surface area contributed by atoms with Crippen molar-refractivity contribution in [3.8, 4) is 11.5 Å². The van der Waals surface area contributed by atoms with Crippen molar-refractivity contribution < 1.29 is 22.4 Å². The zero-order valence-corrected chi connectivity index (χ0v) is 15.0. The smallest absolute Gasteiger partial charge is 0.337 e. The molecule has 0 unspecified atom stereocenters. The lowest BCUT2D eigenvalue weighted by Gasteiger charge is -2.06. The van der Waals surface area contributed by atoms with E-state index in [0.717, 1.165) is 5.69 Å². The van der Waals surface area contributed by atoms with Gasteiger partial charge in [0.15, 0.2) is 5.76 Å². The largest absolute Gasteiger partial charge is 0.465 e. The van der Waals surface area contributed by atoms with Gasteiger partial charge in [-0.25, -0.2) is 17.9 Å². The summed E-state index contributed by atoms with van der Waals surface area (Å²) < 4.78 is 39.1. The minimum absolute atomic E-state index is 0.00105. The maximum Gasteiger partial charge on any atom is 0.337 e. The molecule has 1 aromatic carbocycles. The summed E-state index contributed by atoms with van der Waals surface area (Å²) in [6.07, 6.45) is 1.65. The van der Waals surface area contributed by atoms with E-state index >= 15 is 0 Å². The normalized spacial score (nSPS) is 11.5. The van der Waals surface area contributed by atoms with Gasteiger partial charge in [-0.05, 0) is 42.5 Å². The molecule has 9 heteroatoms. The maximum absolute atomic E-state index is 12.4. The molecule has 136 valence electrons. The predicted molar refractivity (Wildman–Crippen MR) is 92.7 cm³/mol. The Morgan fingerprint density at radius 1 is 1.19 bits per heavy atom. The molecule has 26 heavy (non-hydrogen) atoms. The molecule has 0 amide bonds. The molecule has 0 saturated carbocycles. The summed E-state index contributed by atoms with van der Waals surface area (Å²) in [5.74, 6) is 0.540. The van der Waals surface area contributed by atoms with Crippen LogP contribution in [0.5, 0.6) is 0 Å². The molecule has 0 saturated heterocycles. The number of nitrogens with one attached hydrogen (secondary N) is 1. The van der Waals surface area contributed by atoms with Crippen molar-refractivity contribution in [2.45, 2.75) is 11.4 Å². The number of methoxy groups -OCH3 is 1. The van der Waals surface area contributed by atoms with Gasteiger partial charge in [-0.2, -0.15) is 5.10 Å². The SMILES string of the molecule is COC(=O)c1ccc(S(=O)(=O)NCc2ccc(-c3ccnn3C)o2)cc1. The van der Waals surface area contributed by atoms with E-state index in [1.54, 1.807) is 36.1 Å². The third-order valence-electron chi connectivity index (χ3n) is 3.76. The maximum atomic E-state index is 12.4. The Morgan fingerprint density at radius 3 is 2.54 bits per heavy atom. The molecule has 0 bridgehead atoms. The van der Waals surface area contributed by atoms with Crippen molar-refractivity contribution in [2.75, 3.05) is 7.11 Å². The van der Waals surface area contributed by atoms with Crippen LogP contribution in [0.2, 0.25) is 0 Å². The van der Waals surface area contributed by atoms with Gasteiger partial charge >= 0.3 is 5.97 Å². The zero-order chi connectivity index (χ0) is 18.7. The number of ether oxygens (including phenoxy) is 1. The number of carbonyl (C=O) groups is 1. The molecule has 0 spiro atoms. The van der Waals surface area contributed by atoms with Crippen molar-refractivity contribution in [2.24, 2.45) is 7.05 Å². The molecule has 3 aromatic rings. The Balaban J connectivity index is 1.70. The van der Waals surface area contributed by atoms with Gasteiger partial charge in [0, 0.05) is 13.2 Å². The summed E-state index contributed by atoms with van der Waals surface area (Å²) in [6, 6.07) is 10.7. The van der Waals surface area contributed by atoms with E-state index in [4.69, 9.17) is 4.42 Å². The van der Waals surface area contributed by atoms with Crippen LogP contribution >= 0.6 is 0 Å². The van der Waals surface area contributed by atoms with Crippen molar-refractivity contribution in [3.05, 3.63) is 60.0 Å². The molecule has 0 radical (unpaired) electrons. The first-order valence-electron chi connectivity index (χ1n) is 7.66. The van der Waals surface area contributed by atoms with E-state index in [9.17, 15) is 13.2 Å². The highest BCUT2D eigenvalue weighted by atomic mass is 32.2. The van der Waals surface area contributed by atoms with Crippen molar-refractivity contribution in [1.82, 2.24) is 14.5 Å². The van der Waals surface area contributed by atoms with Crippen LogP contribution in [0.15, 0.2) is 58.0 Å². The average Bonchev–Trinajstić information content (AvgIpc) is 3.28. The number of aromatic nitrogens is 2. The monoisotopic (exact) mass is 375 g/mol. The first-order valence-corrected chi connectivity index (χ1v) is 9.14. The second kappa shape index (κ2) is 7.14. The topological polar surface area (TPSA) is 103 Å². The van der Waals surface area contributed by atoms with Crippen LogP contribution in [-0.2, 0) is 28.4 Å². The quantitative estimate of drug-likeness (QED) is 0.661. The van der Waals surface area contributed by atoms with Crippen molar-refractivity contribution in [1.29, 1.82) is 0 Å². The number of nitrogens with zero attached hydrogens (tertiary/aromatic N) is 2. The number of aryl methyl sites for hydroxylation is 1. The third kappa shape index (κ3) is 3.68. The minimum Gasteiger partial charge on any atom is -0.465 e. The molecule has 8 nitrogen and oxygen atoms in total. The number of carbonyl (C=O) groups excluding carboxylic acids is 1. The third-order valence-corrected chi connectivity index (χ3v) is 5.17. The number of hydrogen-bond acceptors (Lipinski definition) is 6.